The molecule has 36 heavy (non-hydrogen) atoms. The Labute approximate surface area is 207 Å². The Morgan fingerprint density at radius 1 is 1.17 bits per heavy atom. The largest absolute Gasteiger partial charge is 0.519 e. The number of halogens is 5. The van der Waals surface area contributed by atoms with Gasteiger partial charge >= 0.3 is 6.16 Å². The molecule has 2 saturated heterocycles. The molecule has 1 atom stereocenters. The second kappa shape index (κ2) is 11.9. The SMILES string of the molecule is C=CCN1C(=O)C(C(C)C)NC12CCN(SOC(=O)O)CC2.NC(=O)c1c(F)c(F)c(F)c(F)c1F. The van der Waals surface area contributed by atoms with Gasteiger partial charge in [-0.1, -0.05) is 19.9 Å². The Hall–Kier alpha value is -2.91. The fourth-order valence-electron chi connectivity index (χ4n) is 3.90. The Morgan fingerprint density at radius 3 is 2.08 bits per heavy atom. The summed E-state index contributed by atoms with van der Waals surface area (Å²) in [7, 11) is 0. The van der Waals surface area contributed by atoms with Crippen molar-refractivity contribution in [2.75, 3.05) is 19.6 Å². The number of primary amides is 1. The summed E-state index contributed by atoms with van der Waals surface area (Å²) in [6.07, 6.45) is 1.91. The van der Waals surface area contributed by atoms with E-state index < -0.39 is 46.7 Å². The molecule has 2 fully saturated rings. The van der Waals surface area contributed by atoms with Gasteiger partial charge in [0, 0.05) is 19.6 Å². The maximum atomic E-state index is 12.6. The van der Waals surface area contributed by atoms with E-state index in [2.05, 4.69) is 21.8 Å². The first kappa shape index (κ1) is 29.3. The van der Waals surface area contributed by atoms with Crippen molar-refractivity contribution in [1.82, 2.24) is 14.5 Å². The highest BCUT2D eigenvalue weighted by Gasteiger charge is 2.51. The molecule has 9 nitrogen and oxygen atoms in total. The Bertz CT molecular complexity index is 1010. The summed E-state index contributed by atoms with van der Waals surface area (Å²) in [5.74, 6) is -12.6. The highest BCUT2D eigenvalue weighted by molar-refractivity contribution is 7.92. The first-order chi connectivity index (χ1) is 16.8. The average Bonchev–Trinajstić information content (AvgIpc) is 3.08. The van der Waals surface area contributed by atoms with E-state index in [1.165, 1.54) is 0 Å². The number of nitrogens with zero attached hydrogens (tertiary/aromatic N) is 2. The van der Waals surface area contributed by atoms with Gasteiger partial charge in [0.25, 0.3) is 5.91 Å². The molecule has 2 heterocycles. The van der Waals surface area contributed by atoms with Crippen LogP contribution in [0, 0.1) is 35.0 Å². The van der Waals surface area contributed by atoms with Gasteiger partial charge < -0.3 is 19.9 Å². The molecule has 4 N–H and O–H groups in total. The average molecular weight is 541 g/mol. The molecule has 0 bridgehead atoms. The maximum Gasteiger partial charge on any atom is 0.519 e. The lowest BCUT2D eigenvalue weighted by molar-refractivity contribution is -0.133. The predicted molar refractivity (Wildman–Crippen MR) is 119 cm³/mol. The topological polar surface area (TPSA) is 125 Å². The number of nitrogens with one attached hydrogen (secondary N) is 1. The standard InChI is InChI=1S/C14H23N3O4S.C7H2F5NO/c1-4-7-17-12(18)11(10(2)3)15-14(17)5-8-16(9-6-14)22-21-13(19)20;8-2-1(7(13)14)3(9)5(11)6(12)4(2)10/h4,10-11,15H,1,5-9H2,2-3H3,(H,19,20);(H2,13,14). The predicted octanol–water partition coefficient (Wildman–Crippen LogP) is 3.16. The van der Waals surface area contributed by atoms with Crippen molar-refractivity contribution >= 4 is 30.2 Å². The van der Waals surface area contributed by atoms with Gasteiger partial charge in [0.05, 0.1) is 11.7 Å². The van der Waals surface area contributed by atoms with Crippen molar-refractivity contribution in [3.63, 3.8) is 0 Å². The molecule has 2 aliphatic rings. The molecule has 1 unspecified atom stereocenters. The molecular formula is C21H25F5N4O5S. The number of carbonyl (C=O) groups is 3. The van der Waals surface area contributed by atoms with Gasteiger partial charge in [0.2, 0.25) is 11.7 Å². The Kier molecular flexibility index (Phi) is 9.68. The molecule has 0 saturated carbocycles. The number of hydrogen-bond donors (Lipinski definition) is 3. The van der Waals surface area contributed by atoms with Crippen LogP contribution in [0.4, 0.5) is 26.7 Å². The zero-order valence-electron chi connectivity index (χ0n) is 19.3. The minimum absolute atomic E-state index is 0.123. The lowest BCUT2D eigenvalue weighted by Gasteiger charge is -2.43. The van der Waals surface area contributed by atoms with Crippen LogP contribution in [0.1, 0.15) is 37.0 Å². The fraction of sp³-hybridized carbons (Fsp3) is 0.476. The minimum Gasteiger partial charge on any atom is -0.449 e. The van der Waals surface area contributed by atoms with Crippen molar-refractivity contribution in [3.8, 4) is 0 Å². The molecule has 1 spiro atoms. The van der Waals surface area contributed by atoms with E-state index in [0.29, 0.717) is 19.6 Å². The fourth-order valence-corrected chi connectivity index (χ4v) is 4.41. The smallest absolute Gasteiger partial charge is 0.449 e. The van der Waals surface area contributed by atoms with Gasteiger partial charge in [0.15, 0.2) is 35.5 Å². The summed E-state index contributed by atoms with van der Waals surface area (Å²) in [5, 5.41) is 12.1. The van der Waals surface area contributed by atoms with E-state index in [9.17, 15) is 36.3 Å². The number of carbonyl (C=O) groups excluding carboxylic acids is 2. The van der Waals surface area contributed by atoms with Crippen molar-refractivity contribution < 1.29 is 45.6 Å². The third-order valence-electron chi connectivity index (χ3n) is 5.67. The van der Waals surface area contributed by atoms with E-state index in [0.717, 1.165) is 25.1 Å². The molecule has 2 amide bonds. The summed E-state index contributed by atoms with van der Waals surface area (Å²) in [4.78, 5) is 35.3. The van der Waals surface area contributed by atoms with Crippen LogP contribution in [-0.4, -0.2) is 63.6 Å². The monoisotopic (exact) mass is 540 g/mol. The van der Waals surface area contributed by atoms with Crippen LogP contribution < -0.4 is 11.1 Å². The van der Waals surface area contributed by atoms with Gasteiger partial charge in [-0.15, -0.1) is 6.58 Å². The van der Waals surface area contributed by atoms with Gasteiger partial charge in [-0.25, -0.2) is 31.1 Å². The summed E-state index contributed by atoms with van der Waals surface area (Å²) >= 11 is 0.852. The molecular weight excluding hydrogens is 515 g/mol. The zero-order valence-corrected chi connectivity index (χ0v) is 20.1. The van der Waals surface area contributed by atoms with E-state index >= 15 is 0 Å². The van der Waals surface area contributed by atoms with Crippen LogP contribution in [0.25, 0.3) is 0 Å². The van der Waals surface area contributed by atoms with Crippen molar-refractivity contribution in [3.05, 3.63) is 47.3 Å². The summed E-state index contributed by atoms with van der Waals surface area (Å²) in [6.45, 7) is 9.64. The first-order valence-corrected chi connectivity index (χ1v) is 11.3. The lowest BCUT2D eigenvalue weighted by atomic mass is 9.97. The number of benzene rings is 1. The van der Waals surface area contributed by atoms with Crippen LogP contribution >= 0.6 is 12.2 Å². The number of amides is 2. The van der Waals surface area contributed by atoms with E-state index in [-0.39, 0.29) is 23.5 Å². The van der Waals surface area contributed by atoms with Gasteiger partial charge in [-0.05, 0) is 18.8 Å². The third-order valence-corrected chi connectivity index (χ3v) is 6.46. The maximum absolute atomic E-state index is 12.6. The molecule has 15 heteroatoms. The van der Waals surface area contributed by atoms with E-state index in [1.807, 2.05) is 23.1 Å². The normalized spacial score (nSPS) is 19.3. The molecule has 1 aromatic rings. The third kappa shape index (κ3) is 6.07. The lowest BCUT2D eigenvalue weighted by Crippen LogP contribution is -2.58. The summed E-state index contributed by atoms with van der Waals surface area (Å²) in [5.41, 5.74) is 2.43. The second-order valence-corrected chi connectivity index (χ2v) is 9.13. The van der Waals surface area contributed by atoms with Crippen LogP contribution in [0.15, 0.2) is 12.7 Å². The van der Waals surface area contributed by atoms with E-state index in [4.69, 9.17) is 5.11 Å². The highest BCUT2D eigenvalue weighted by atomic mass is 32.2. The van der Waals surface area contributed by atoms with E-state index in [1.54, 1.807) is 6.08 Å². The Balaban J connectivity index is 0.000000281. The van der Waals surface area contributed by atoms with Crippen molar-refractivity contribution in [2.45, 2.75) is 38.4 Å². The molecule has 3 rings (SSSR count). The quantitative estimate of drug-likeness (QED) is 0.126. The number of carboxylic acid groups (broad SMARTS) is 1. The van der Waals surface area contributed by atoms with Gasteiger partial charge in [0.1, 0.15) is 5.56 Å². The molecule has 2 aliphatic heterocycles. The van der Waals surface area contributed by atoms with Gasteiger partial charge in [-0.3, -0.25) is 14.9 Å². The molecule has 200 valence electrons. The minimum atomic E-state index is -2.33. The summed E-state index contributed by atoms with van der Waals surface area (Å²) in [6, 6.07) is -0.172. The molecule has 0 aliphatic carbocycles. The van der Waals surface area contributed by atoms with Crippen LogP contribution in [0.3, 0.4) is 0 Å². The van der Waals surface area contributed by atoms with Crippen molar-refractivity contribution in [1.29, 1.82) is 0 Å². The molecule has 0 radical (unpaired) electrons. The number of hydrogen-bond acceptors (Lipinski definition) is 7. The molecule has 0 aromatic heterocycles. The molecule has 1 aromatic carbocycles. The van der Waals surface area contributed by atoms with Crippen LogP contribution in [0.5, 0.6) is 0 Å². The van der Waals surface area contributed by atoms with Crippen LogP contribution in [-0.2, 0) is 8.98 Å². The number of rotatable bonds is 6. The van der Waals surface area contributed by atoms with Crippen LogP contribution in [0.2, 0.25) is 0 Å². The second-order valence-electron chi connectivity index (χ2n) is 8.30. The van der Waals surface area contributed by atoms with Crippen molar-refractivity contribution in [2.24, 2.45) is 11.7 Å². The zero-order chi connectivity index (χ0) is 27.4. The number of piperidine rings is 1. The Morgan fingerprint density at radius 2 is 1.67 bits per heavy atom. The van der Waals surface area contributed by atoms with Gasteiger partial charge in [-0.2, -0.15) is 0 Å². The first-order valence-electron chi connectivity index (χ1n) is 10.6. The number of nitrogens with two attached hydrogens (primary N) is 1. The summed E-state index contributed by atoms with van der Waals surface area (Å²) < 4.78 is 68.8. The highest BCUT2D eigenvalue weighted by Crippen LogP contribution is 2.35.